The van der Waals surface area contributed by atoms with Gasteiger partial charge < -0.3 is 14.2 Å². The van der Waals surface area contributed by atoms with Crippen LogP contribution in [0.5, 0.6) is 0 Å². The van der Waals surface area contributed by atoms with Gasteiger partial charge in [-0.2, -0.15) is 0 Å². The summed E-state index contributed by atoms with van der Waals surface area (Å²) in [6.07, 6.45) is 2.43. The number of hydrogen-bond acceptors (Lipinski definition) is 5. The van der Waals surface area contributed by atoms with E-state index in [1.807, 2.05) is 6.92 Å². The van der Waals surface area contributed by atoms with E-state index in [-0.39, 0.29) is 0 Å². The van der Waals surface area contributed by atoms with Gasteiger partial charge in [-0.3, -0.25) is 0 Å². The predicted octanol–water partition coefficient (Wildman–Crippen LogP) is 0.645. The van der Waals surface area contributed by atoms with E-state index < -0.39 is 18.0 Å². The van der Waals surface area contributed by atoms with Crippen molar-refractivity contribution in [1.82, 2.24) is 0 Å². The first-order valence-corrected chi connectivity index (χ1v) is 4.63. The SMILES string of the molecule is CCC(C#CC(=O)OC)O/C=C/C(=O)OC. The Balaban J connectivity index is 4.19. The summed E-state index contributed by atoms with van der Waals surface area (Å²) in [6.45, 7) is 1.84. The van der Waals surface area contributed by atoms with Crippen molar-refractivity contribution in [2.45, 2.75) is 19.4 Å². The number of ether oxygens (including phenoxy) is 3. The highest BCUT2D eigenvalue weighted by Gasteiger charge is 2.01. The molecular formula is C11H14O5. The summed E-state index contributed by atoms with van der Waals surface area (Å²) in [7, 11) is 2.51. The first kappa shape index (κ1) is 14.0. The minimum Gasteiger partial charge on any atom is -0.485 e. The average molecular weight is 226 g/mol. The first-order chi connectivity index (χ1) is 7.63. The zero-order valence-corrected chi connectivity index (χ0v) is 9.48. The van der Waals surface area contributed by atoms with Gasteiger partial charge in [0.2, 0.25) is 0 Å². The van der Waals surface area contributed by atoms with Gasteiger partial charge in [0.1, 0.15) is 0 Å². The molecule has 0 aliphatic heterocycles. The molecule has 16 heavy (non-hydrogen) atoms. The Bertz CT molecular complexity index is 321. The second-order valence-electron chi connectivity index (χ2n) is 2.62. The van der Waals surface area contributed by atoms with Gasteiger partial charge in [-0.25, -0.2) is 9.59 Å². The maximum Gasteiger partial charge on any atom is 0.384 e. The van der Waals surface area contributed by atoms with Crippen LogP contribution in [0.25, 0.3) is 0 Å². The minimum atomic E-state index is -0.626. The number of carbonyl (C=O) groups excluding carboxylic acids is 2. The van der Waals surface area contributed by atoms with Gasteiger partial charge in [-0.1, -0.05) is 6.92 Å². The van der Waals surface area contributed by atoms with Crippen LogP contribution in [0.2, 0.25) is 0 Å². The molecule has 0 saturated heterocycles. The maximum absolute atomic E-state index is 10.7. The van der Waals surface area contributed by atoms with Crippen molar-refractivity contribution in [2.24, 2.45) is 0 Å². The van der Waals surface area contributed by atoms with E-state index in [2.05, 4.69) is 21.3 Å². The van der Waals surface area contributed by atoms with E-state index in [1.54, 1.807) is 0 Å². The highest BCUT2D eigenvalue weighted by Crippen LogP contribution is 1.97. The Hall–Kier alpha value is -1.96. The molecule has 0 aliphatic carbocycles. The maximum atomic E-state index is 10.7. The second-order valence-corrected chi connectivity index (χ2v) is 2.62. The summed E-state index contributed by atoms with van der Waals surface area (Å²) in [4.78, 5) is 21.4. The molecule has 0 aromatic heterocycles. The standard InChI is InChI=1S/C11H14O5/c1-4-9(5-6-10(12)14-2)16-8-7-11(13)15-3/h7-9H,4H2,1-3H3/b8-7+. The number of methoxy groups -OCH3 is 2. The summed E-state index contributed by atoms with van der Waals surface area (Å²) in [5.41, 5.74) is 0. The Labute approximate surface area is 94.4 Å². The van der Waals surface area contributed by atoms with E-state index in [9.17, 15) is 9.59 Å². The van der Waals surface area contributed by atoms with E-state index in [1.165, 1.54) is 20.5 Å². The molecule has 0 spiro atoms. The third kappa shape index (κ3) is 6.49. The molecule has 1 unspecified atom stereocenters. The molecule has 0 aliphatic rings. The summed E-state index contributed by atoms with van der Waals surface area (Å²) in [5.74, 6) is 3.67. The third-order valence-electron chi connectivity index (χ3n) is 1.54. The van der Waals surface area contributed by atoms with Gasteiger partial charge in [0.15, 0.2) is 6.10 Å². The Kier molecular flexibility index (Phi) is 7.33. The molecule has 88 valence electrons. The summed E-state index contributed by atoms with van der Waals surface area (Å²) >= 11 is 0. The highest BCUT2D eigenvalue weighted by molar-refractivity contribution is 5.88. The Morgan fingerprint density at radius 1 is 1.31 bits per heavy atom. The van der Waals surface area contributed by atoms with Crippen LogP contribution in [0, 0.1) is 11.8 Å². The van der Waals surface area contributed by atoms with Crippen LogP contribution in [0.15, 0.2) is 12.3 Å². The molecule has 0 bridgehead atoms. The van der Waals surface area contributed by atoms with E-state index in [0.717, 1.165) is 6.08 Å². The van der Waals surface area contributed by atoms with E-state index >= 15 is 0 Å². The van der Waals surface area contributed by atoms with Crippen molar-refractivity contribution >= 4 is 11.9 Å². The predicted molar refractivity (Wildman–Crippen MR) is 56.1 cm³/mol. The Morgan fingerprint density at radius 3 is 2.50 bits per heavy atom. The Morgan fingerprint density at radius 2 is 2.00 bits per heavy atom. The summed E-state index contributed by atoms with van der Waals surface area (Å²) in [6, 6.07) is 0. The van der Waals surface area contributed by atoms with Crippen LogP contribution in [-0.2, 0) is 23.8 Å². The van der Waals surface area contributed by atoms with Crippen molar-refractivity contribution in [3.8, 4) is 11.8 Å². The molecule has 5 heteroatoms. The number of esters is 2. The largest absolute Gasteiger partial charge is 0.485 e. The van der Waals surface area contributed by atoms with Crippen molar-refractivity contribution in [2.75, 3.05) is 14.2 Å². The molecule has 0 heterocycles. The van der Waals surface area contributed by atoms with Crippen molar-refractivity contribution < 1.29 is 23.8 Å². The van der Waals surface area contributed by atoms with Gasteiger partial charge in [0.25, 0.3) is 0 Å². The van der Waals surface area contributed by atoms with Crippen molar-refractivity contribution in [1.29, 1.82) is 0 Å². The fourth-order valence-corrected chi connectivity index (χ4v) is 0.680. The number of rotatable bonds is 4. The monoisotopic (exact) mass is 226 g/mol. The van der Waals surface area contributed by atoms with E-state index in [4.69, 9.17) is 4.74 Å². The minimum absolute atomic E-state index is 0.458. The fourth-order valence-electron chi connectivity index (χ4n) is 0.680. The topological polar surface area (TPSA) is 61.8 Å². The first-order valence-electron chi connectivity index (χ1n) is 4.63. The molecule has 0 saturated carbocycles. The van der Waals surface area contributed by atoms with Gasteiger partial charge in [-0.15, -0.1) is 0 Å². The zero-order valence-electron chi connectivity index (χ0n) is 9.48. The fraction of sp³-hybridized carbons (Fsp3) is 0.455. The lowest BCUT2D eigenvalue weighted by Crippen LogP contribution is -2.07. The molecule has 1 atom stereocenters. The van der Waals surface area contributed by atoms with E-state index in [0.29, 0.717) is 6.42 Å². The zero-order chi connectivity index (χ0) is 12.4. The molecule has 0 N–H and O–H groups in total. The van der Waals surface area contributed by atoms with Crippen molar-refractivity contribution in [3.63, 3.8) is 0 Å². The normalized spacial score (nSPS) is 11.2. The molecule has 5 nitrogen and oxygen atoms in total. The quantitative estimate of drug-likeness (QED) is 0.231. The number of carbonyl (C=O) groups is 2. The molecular weight excluding hydrogens is 212 g/mol. The molecule has 0 radical (unpaired) electrons. The van der Waals surface area contributed by atoms with Crippen LogP contribution in [-0.4, -0.2) is 32.3 Å². The molecule has 0 fully saturated rings. The molecule has 0 aromatic rings. The highest BCUT2D eigenvalue weighted by atomic mass is 16.5. The lowest BCUT2D eigenvalue weighted by atomic mass is 10.3. The van der Waals surface area contributed by atoms with Crippen molar-refractivity contribution in [3.05, 3.63) is 12.3 Å². The van der Waals surface area contributed by atoms with Crippen LogP contribution >= 0.6 is 0 Å². The lowest BCUT2D eigenvalue weighted by Gasteiger charge is -2.05. The molecule has 0 amide bonds. The van der Waals surface area contributed by atoms with Crippen LogP contribution in [0.3, 0.4) is 0 Å². The lowest BCUT2D eigenvalue weighted by molar-refractivity contribution is -0.135. The molecule has 0 aromatic carbocycles. The number of hydrogen-bond donors (Lipinski definition) is 0. The summed E-state index contributed by atoms with van der Waals surface area (Å²) < 4.78 is 13.8. The van der Waals surface area contributed by atoms with Crippen LogP contribution in [0.1, 0.15) is 13.3 Å². The smallest absolute Gasteiger partial charge is 0.384 e. The second kappa shape index (κ2) is 8.36. The average Bonchev–Trinajstić information content (AvgIpc) is 2.32. The van der Waals surface area contributed by atoms with Gasteiger partial charge in [0.05, 0.1) is 26.6 Å². The van der Waals surface area contributed by atoms with Gasteiger partial charge in [-0.05, 0) is 12.3 Å². The van der Waals surface area contributed by atoms with Crippen LogP contribution < -0.4 is 0 Å². The van der Waals surface area contributed by atoms with Crippen LogP contribution in [0.4, 0.5) is 0 Å². The molecule has 0 rings (SSSR count). The van der Waals surface area contributed by atoms with Gasteiger partial charge in [0, 0.05) is 5.92 Å². The van der Waals surface area contributed by atoms with Gasteiger partial charge >= 0.3 is 11.9 Å². The third-order valence-corrected chi connectivity index (χ3v) is 1.54. The summed E-state index contributed by atoms with van der Waals surface area (Å²) in [5, 5.41) is 0.